The summed E-state index contributed by atoms with van der Waals surface area (Å²) in [6.07, 6.45) is 3.43. The van der Waals surface area contributed by atoms with Crippen molar-refractivity contribution in [2.24, 2.45) is 0 Å². The van der Waals surface area contributed by atoms with Crippen molar-refractivity contribution in [1.82, 2.24) is 10.2 Å². The third kappa shape index (κ3) is 4.19. The maximum absolute atomic E-state index is 12.9. The van der Waals surface area contributed by atoms with E-state index in [0.29, 0.717) is 25.2 Å². The molecule has 1 aromatic rings. The highest BCUT2D eigenvalue weighted by atomic mass is 19.1. The summed E-state index contributed by atoms with van der Waals surface area (Å²) < 4.78 is 12.9. The van der Waals surface area contributed by atoms with Crippen molar-refractivity contribution in [2.75, 3.05) is 18.4 Å². The van der Waals surface area contributed by atoms with Crippen LogP contribution in [0, 0.1) is 5.82 Å². The van der Waals surface area contributed by atoms with Gasteiger partial charge < -0.3 is 15.5 Å². The van der Waals surface area contributed by atoms with Gasteiger partial charge in [-0.25, -0.2) is 9.18 Å². The Balaban J connectivity index is 1.92. The van der Waals surface area contributed by atoms with Crippen LogP contribution in [-0.2, 0) is 4.79 Å². The molecule has 1 aliphatic heterocycles. The topological polar surface area (TPSA) is 61.4 Å². The number of hydrogen-bond donors (Lipinski definition) is 2. The van der Waals surface area contributed by atoms with Gasteiger partial charge in [0.15, 0.2) is 0 Å². The molecule has 1 fully saturated rings. The lowest BCUT2D eigenvalue weighted by Crippen LogP contribution is -2.47. The van der Waals surface area contributed by atoms with Crippen LogP contribution in [0.25, 0.3) is 0 Å². The molecule has 1 atom stereocenters. The lowest BCUT2D eigenvalue weighted by molar-refractivity contribution is -0.124. The molecular weight excluding hydrogens is 285 g/mol. The number of rotatable bonds is 5. The minimum absolute atomic E-state index is 0.0970. The first-order chi connectivity index (χ1) is 10.6. The fraction of sp³-hybridized carbons (Fsp3) is 0.500. The van der Waals surface area contributed by atoms with Crippen molar-refractivity contribution in [3.8, 4) is 0 Å². The van der Waals surface area contributed by atoms with Gasteiger partial charge >= 0.3 is 6.03 Å². The summed E-state index contributed by atoms with van der Waals surface area (Å²) in [5.41, 5.74) is 0.517. The van der Waals surface area contributed by atoms with Gasteiger partial charge in [-0.15, -0.1) is 0 Å². The molecule has 6 heteroatoms. The molecule has 0 saturated carbocycles. The second kappa shape index (κ2) is 7.77. The van der Waals surface area contributed by atoms with Crippen LogP contribution >= 0.6 is 0 Å². The molecule has 1 heterocycles. The van der Waals surface area contributed by atoms with Crippen LogP contribution in [0.15, 0.2) is 24.3 Å². The largest absolute Gasteiger partial charge is 0.354 e. The number of unbranched alkanes of at least 4 members (excludes halogenated alkanes) is 1. The van der Waals surface area contributed by atoms with Gasteiger partial charge in [-0.1, -0.05) is 13.3 Å². The molecule has 1 aromatic carbocycles. The molecule has 0 radical (unpaired) electrons. The predicted molar refractivity (Wildman–Crippen MR) is 83.1 cm³/mol. The van der Waals surface area contributed by atoms with Crippen molar-refractivity contribution in [1.29, 1.82) is 0 Å². The summed E-state index contributed by atoms with van der Waals surface area (Å²) in [6.45, 7) is 3.25. The number of carbonyl (C=O) groups is 2. The van der Waals surface area contributed by atoms with Crippen molar-refractivity contribution in [3.05, 3.63) is 30.1 Å². The Bertz CT molecular complexity index is 519. The van der Waals surface area contributed by atoms with Crippen molar-refractivity contribution >= 4 is 17.6 Å². The Morgan fingerprint density at radius 1 is 1.32 bits per heavy atom. The van der Waals surface area contributed by atoms with Crippen molar-refractivity contribution in [2.45, 2.75) is 38.6 Å². The third-order valence-electron chi connectivity index (χ3n) is 3.74. The van der Waals surface area contributed by atoms with Gasteiger partial charge in [0.2, 0.25) is 5.91 Å². The van der Waals surface area contributed by atoms with Crippen LogP contribution in [0.1, 0.15) is 32.6 Å². The molecule has 0 aromatic heterocycles. The summed E-state index contributed by atoms with van der Waals surface area (Å²) in [7, 11) is 0. The molecule has 1 aliphatic rings. The summed E-state index contributed by atoms with van der Waals surface area (Å²) in [6, 6.07) is 4.83. The lowest BCUT2D eigenvalue weighted by atomic mass is 10.2. The first kappa shape index (κ1) is 16.3. The molecule has 2 rings (SSSR count). The van der Waals surface area contributed by atoms with E-state index in [2.05, 4.69) is 17.6 Å². The third-order valence-corrected chi connectivity index (χ3v) is 3.74. The van der Waals surface area contributed by atoms with E-state index in [1.807, 2.05) is 0 Å². The van der Waals surface area contributed by atoms with E-state index >= 15 is 0 Å². The molecule has 5 nitrogen and oxygen atoms in total. The zero-order valence-corrected chi connectivity index (χ0v) is 12.8. The Kier molecular flexibility index (Phi) is 5.75. The van der Waals surface area contributed by atoms with Gasteiger partial charge in [0.1, 0.15) is 11.9 Å². The van der Waals surface area contributed by atoms with Gasteiger partial charge in [-0.05, 0) is 43.5 Å². The average Bonchev–Trinajstić information content (AvgIpc) is 2.99. The molecule has 0 bridgehead atoms. The van der Waals surface area contributed by atoms with Crippen LogP contribution in [0.2, 0.25) is 0 Å². The SMILES string of the molecule is CCCCNC(=O)[C@H]1CCCN1C(=O)Nc1ccc(F)cc1. The number of anilines is 1. The fourth-order valence-electron chi connectivity index (χ4n) is 2.52. The smallest absolute Gasteiger partial charge is 0.322 e. The molecule has 120 valence electrons. The van der Waals surface area contributed by atoms with E-state index in [4.69, 9.17) is 0 Å². The second-order valence-corrected chi connectivity index (χ2v) is 5.43. The van der Waals surface area contributed by atoms with E-state index in [9.17, 15) is 14.0 Å². The van der Waals surface area contributed by atoms with Gasteiger partial charge in [-0.3, -0.25) is 4.79 Å². The summed E-state index contributed by atoms with van der Waals surface area (Å²) in [4.78, 5) is 26.0. The molecule has 0 unspecified atom stereocenters. The van der Waals surface area contributed by atoms with E-state index in [1.54, 1.807) is 4.90 Å². The highest BCUT2D eigenvalue weighted by Crippen LogP contribution is 2.19. The number of carbonyl (C=O) groups excluding carboxylic acids is 2. The monoisotopic (exact) mass is 307 g/mol. The lowest BCUT2D eigenvalue weighted by Gasteiger charge is -2.24. The highest BCUT2D eigenvalue weighted by Gasteiger charge is 2.33. The predicted octanol–water partition coefficient (Wildman–Crippen LogP) is 2.74. The van der Waals surface area contributed by atoms with E-state index < -0.39 is 6.04 Å². The molecule has 0 spiro atoms. The summed E-state index contributed by atoms with van der Waals surface area (Å²) in [5, 5.41) is 5.58. The van der Waals surface area contributed by atoms with Crippen LogP contribution in [0.4, 0.5) is 14.9 Å². The van der Waals surface area contributed by atoms with Gasteiger partial charge in [0, 0.05) is 18.8 Å². The first-order valence-electron chi connectivity index (χ1n) is 7.72. The zero-order chi connectivity index (χ0) is 15.9. The fourth-order valence-corrected chi connectivity index (χ4v) is 2.52. The quantitative estimate of drug-likeness (QED) is 0.822. The van der Waals surface area contributed by atoms with Crippen LogP contribution in [0.3, 0.4) is 0 Å². The zero-order valence-electron chi connectivity index (χ0n) is 12.8. The van der Waals surface area contributed by atoms with E-state index in [-0.39, 0.29) is 17.8 Å². The Labute approximate surface area is 129 Å². The minimum atomic E-state index is -0.419. The molecule has 2 N–H and O–H groups in total. The van der Waals surface area contributed by atoms with Crippen LogP contribution < -0.4 is 10.6 Å². The number of amides is 3. The van der Waals surface area contributed by atoms with Crippen LogP contribution in [0.5, 0.6) is 0 Å². The Morgan fingerprint density at radius 3 is 2.73 bits per heavy atom. The van der Waals surface area contributed by atoms with Crippen molar-refractivity contribution < 1.29 is 14.0 Å². The number of urea groups is 1. The van der Waals surface area contributed by atoms with Crippen molar-refractivity contribution in [3.63, 3.8) is 0 Å². The average molecular weight is 307 g/mol. The van der Waals surface area contributed by atoms with Crippen LogP contribution in [-0.4, -0.2) is 36.0 Å². The number of benzene rings is 1. The molecule has 22 heavy (non-hydrogen) atoms. The number of hydrogen-bond acceptors (Lipinski definition) is 2. The highest BCUT2D eigenvalue weighted by molar-refractivity contribution is 5.94. The molecular formula is C16H22FN3O2. The number of nitrogens with one attached hydrogen (secondary N) is 2. The molecule has 3 amide bonds. The normalized spacial score (nSPS) is 17.4. The van der Waals surface area contributed by atoms with Gasteiger partial charge in [0.05, 0.1) is 0 Å². The minimum Gasteiger partial charge on any atom is -0.354 e. The maximum Gasteiger partial charge on any atom is 0.322 e. The first-order valence-corrected chi connectivity index (χ1v) is 7.72. The van der Waals surface area contributed by atoms with Gasteiger partial charge in [0.25, 0.3) is 0 Å². The summed E-state index contributed by atoms with van der Waals surface area (Å²) in [5.74, 6) is -0.451. The molecule has 0 aliphatic carbocycles. The maximum atomic E-state index is 12.9. The number of likely N-dealkylation sites (tertiary alicyclic amines) is 1. The summed E-state index contributed by atoms with van der Waals surface area (Å²) >= 11 is 0. The number of nitrogens with zero attached hydrogens (tertiary/aromatic N) is 1. The second-order valence-electron chi connectivity index (χ2n) is 5.43. The van der Waals surface area contributed by atoms with E-state index in [1.165, 1.54) is 24.3 Å². The van der Waals surface area contributed by atoms with E-state index in [0.717, 1.165) is 19.3 Å². The Hall–Kier alpha value is -2.11. The number of halogens is 1. The van der Waals surface area contributed by atoms with Gasteiger partial charge in [-0.2, -0.15) is 0 Å². The Morgan fingerprint density at radius 2 is 2.05 bits per heavy atom. The molecule has 1 saturated heterocycles. The standard InChI is InChI=1S/C16H22FN3O2/c1-2-3-10-18-15(21)14-5-4-11-20(14)16(22)19-13-8-6-12(17)7-9-13/h6-9,14H,2-5,10-11H2,1H3,(H,18,21)(H,19,22)/t14-/m1/s1.